The Morgan fingerprint density at radius 2 is 1.78 bits per heavy atom. The molecule has 27 heavy (non-hydrogen) atoms. The molecule has 2 saturated heterocycles. The van der Waals surface area contributed by atoms with E-state index >= 15 is 0 Å². The van der Waals surface area contributed by atoms with E-state index in [9.17, 15) is 9.59 Å². The van der Waals surface area contributed by atoms with Crippen molar-refractivity contribution in [3.05, 3.63) is 30.3 Å². The summed E-state index contributed by atoms with van der Waals surface area (Å²) in [6, 6.07) is 9.47. The molecule has 0 saturated carbocycles. The quantitative estimate of drug-likeness (QED) is 0.854. The van der Waals surface area contributed by atoms with E-state index in [-0.39, 0.29) is 18.5 Å². The van der Waals surface area contributed by atoms with E-state index in [0.29, 0.717) is 58.1 Å². The highest BCUT2D eigenvalue weighted by molar-refractivity contribution is 6.09. The summed E-state index contributed by atoms with van der Waals surface area (Å²) in [5.41, 5.74) is -0.767. The van der Waals surface area contributed by atoms with Crippen LogP contribution in [0, 0.1) is 0 Å². The molecule has 4 rings (SSSR count). The van der Waals surface area contributed by atoms with Gasteiger partial charge in [0.15, 0.2) is 0 Å². The Balaban J connectivity index is 1.34. The molecule has 0 atom stereocenters. The van der Waals surface area contributed by atoms with Crippen LogP contribution in [-0.4, -0.2) is 79.1 Å². The number of piperidine rings is 1. The highest BCUT2D eigenvalue weighted by Gasteiger charge is 2.46. The van der Waals surface area contributed by atoms with Crippen LogP contribution in [0.5, 0.6) is 5.75 Å². The lowest BCUT2D eigenvalue weighted by molar-refractivity contribution is -0.125. The fraction of sp³-hybridized carbons (Fsp3) is 0.526. The number of amides is 3. The molecule has 3 aliphatic rings. The lowest BCUT2D eigenvalue weighted by Gasteiger charge is -2.39. The third kappa shape index (κ3) is 3.75. The van der Waals surface area contributed by atoms with Crippen molar-refractivity contribution in [1.82, 2.24) is 15.1 Å². The third-order valence-electron chi connectivity index (χ3n) is 5.29. The van der Waals surface area contributed by atoms with E-state index in [4.69, 9.17) is 9.47 Å². The number of morpholine rings is 1. The number of nitrogens with zero attached hydrogens (tertiary/aromatic N) is 3. The van der Waals surface area contributed by atoms with Crippen molar-refractivity contribution in [3.63, 3.8) is 0 Å². The van der Waals surface area contributed by atoms with E-state index < -0.39 is 5.54 Å². The number of aliphatic imine (C=N–C) groups is 1. The van der Waals surface area contributed by atoms with Crippen LogP contribution in [0.15, 0.2) is 35.3 Å². The monoisotopic (exact) mass is 372 g/mol. The lowest BCUT2D eigenvalue weighted by Crippen LogP contribution is -2.54. The molecular weight excluding hydrogens is 348 g/mol. The summed E-state index contributed by atoms with van der Waals surface area (Å²) in [5.74, 6) is 1.20. The molecular formula is C19H24N4O4. The number of hydrogen-bond acceptors (Lipinski definition) is 5. The number of carbonyl (C=O) groups is 2. The van der Waals surface area contributed by atoms with Gasteiger partial charge in [0.2, 0.25) is 0 Å². The molecule has 0 aliphatic carbocycles. The highest BCUT2D eigenvalue weighted by Crippen LogP contribution is 2.30. The van der Waals surface area contributed by atoms with Gasteiger partial charge in [0.05, 0.1) is 13.2 Å². The van der Waals surface area contributed by atoms with Crippen molar-refractivity contribution < 1.29 is 19.1 Å². The van der Waals surface area contributed by atoms with Crippen LogP contribution in [0.4, 0.5) is 4.79 Å². The summed E-state index contributed by atoms with van der Waals surface area (Å²) in [6.07, 6.45) is 1.06. The first kappa shape index (κ1) is 17.8. The van der Waals surface area contributed by atoms with Gasteiger partial charge in [-0.25, -0.2) is 4.79 Å². The number of urea groups is 1. The molecule has 8 nitrogen and oxygen atoms in total. The van der Waals surface area contributed by atoms with E-state index in [1.807, 2.05) is 40.1 Å². The van der Waals surface area contributed by atoms with Gasteiger partial charge in [0.1, 0.15) is 23.7 Å². The first-order valence-electron chi connectivity index (χ1n) is 9.36. The third-order valence-corrected chi connectivity index (χ3v) is 5.29. The van der Waals surface area contributed by atoms with Crippen molar-refractivity contribution in [2.75, 3.05) is 46.0 Å². The van der Waals surface area contributed by atoms with Gasteiger partial charge in [-0.1, -0.05) is 18.2 Å². The summed E-state index contributed by atoms with van der Waals surface area (Å²) in [4.78, 5) is 33.4. The van der Waals surface area contributed by atoms with Crippen molar-refractivity contribution in [3.8, 4) is 5.75 Å². The summed E-state index contributed by atoms with van der Waals surface area (Å²) in [5, 5.41) is 2.85. The van der Waals surface area contributed by atoms with Crippen LogP contribution in [0.25, 0.3) is 0 Å². The number of carbonyl (C=O) groups excluding carboxylic acids is 2. The molecule has 0 bridgehead atoms. The number of rotatable bonds is 3. The van der Waals surface area contributed by atoms with E-state index in [1.165, 1.54) is 0 Å². The minimum atomic E-state index is -0.767. The van der Waals surface area contributed by atoms with Crippen molar-refractivity contribution in [2.45, 2.75) is 18.4 Å². The van der Waals surface area contributed by atoms with Gasteiger partial charge in [-0.3, -0.25) is 9.79 Å². The standard InChI is InChI=1S/C19H24N4O4/c24-17-19(21-16(20-17)14-27-15-4-2-1-3-5-15)6-8-22(9-7-19)18(25)23-10-12-26-13-11-23/h1-5H,6-14H2,(H,20,21,24). The van der Waals surface area contributed by atoms with Gasteiger partial charge in [-0.15, -0.1) is 0 Å². The minimum Gasteiger partial charge on any atom is -0.486 e. The summed E-state index contributed by atoms with van der Waals surface area (Å²) >= 11 is 0. The van der Waals surface area contributed by atoms with E-state index in [1.54, 1.807) is 0 Å². The molecule has 0 radical (unpaired) electrons. The summed E-state index contributed by atoms with van der Waals surface area (Å²) in [7, 11) is 0. The van der Waals surface area contributed by atoms with Crippen molar-refractivity contribution in [2.24, 2.45) is 4.99 Å². The Hall–Kier alpha value is -2.61. The first-order valence-corrected chi connectivity index (χ1v) is 9.36. The van der Waals surface area contributed by atoms with Crippen LogP contribution in [0.1, 0.15) is 12.8 Å². The number of amidine groups is 1. The zero-order chi connectivity index (χ0) is 18.7. The van der Waals surface area contributed by atoms with Gasteiger partial charge in [0.25, 0.3) is 5.91 Å². The number of para-hydroxylation sites is 1. The number of nitrogens with one attached hydrogen (secondary N) is 1. The molecule has 1 spiro atoms. The normalized spacial score (nSPS) is 21.8. The predicted octanol–water partition coefficient (Wildman–Crippen LogP) is 0.880. The van der Waals surface area contributed by atoms with Gasteiger partial charge in [-0.05, 0) is 25.0 Å². The topological polar surface area (TPSA) is 83.5 Å². The van der Waals surface area contributed by atoms with Crippen LogP contribution in [0.3, 0.4) is 0 Å². The first-order chi connectivity index (χ1) is 13.2. The number of likely N-dealkylation sites (tertiary alicyclic amines) is 1. The summed E-state index contributed by atoms with van der Waals surface area (Å²) in [6.45, 7) is 3.70. The Morgan fingerprint density at radius 1 is 1.11 bits per heavy atom. The van der Waals surface area contributed by atoms with E-state index in [2.05, 4.69) is 10.3 Å². The summed E-state index contributed by atoms with van der Waals surface area (Å²) < 4.78 is 11.0. The zero-order valence-electron chi connectivity index (χ0n) is 15.2. The molecule has 144 valence electrons. The number of ether oxygens (including phenoxy) is 2. The lowest BCUT2D eigenvalue weighted by atomic mass is 9.88. The van der Waals surface area contributed by atoms with E-state index in [0.717, 1.165) is 5.75 Å². The minimum absolute atomic E-state index is 0.0307. The fourth-order valence-corrected chi connectivity index (χ4v) is 3.68. The average Bonchev–Trinajstić information content (AvgIpc) is 3.03. The highest BCUT2D eigenvalue weighted by atomic mass is 16.5. The smallest absolute Gasteiger partial charge is 0.320 e. The maximum absolute atomic E-state index is 12.6. The Labute approximate surface area is 158 Å². The van der Waals surface area contributed by atoms with Gasteiger partial charge >= 0.3 is 6.03 Å². The fourth-order valence-electron chi connectivity index (χ4n) is 3.68. The molecule has 1 aromatic rings. The second-order valence-electron chi connectivity index (χ2n) is 7.01. The molecule has 0 aromatic heterocycles. The molecule has 0 unspecified atom stereocenters. The Bertz CT molecular complexity index is 722. The van der Waals surface area contributed by atoms with Crippen LogP contribution in [0.2, 0.25) is 0 Å². The van der Waals surface area contributed by atoms with Gasteiger partial charge < -0.3 is 24.6 Å². The Kier molecular flexibility index (Phi) is 4.98. The second kappa shape index (κ2) is 7.56. The predicted molar refractivity (Wildman–Crippen MR) is 98.8 cm³/mol. The van der Waals surface area contributed by atoms with Crippen LogP contribution < -0.4 is 10.1 Å². The zero-order valence-corrected chi connectivity index (χ0v) is 15.2. The van der Waals surface area contributed by atoms with Crippen LogP contribution in [-0.2, 0) is 9.53 Å². The SMILES string of the molecule is O=C(N1CCOCC1)N1CCC2(CC1)N=C(COc1ccccc1)NC2=O. The second-order valence-corrected chi connectivity index (χ2v) is 7.01. The molecule has 3 amide bonds. The molecule has 1 N–H and O–H groups in total. The average molecular weight is 372 g/mol. The van der Waals surface area contributed by atoms with Gasteiger partial charge in [0, 0.05) is 26.2 Å². The number of benzene rings is 1. The molecule has 3 heterocycles. The number of hydrogen-bond donors (Lipinski definition) is 1. The molecule has 2 fully saturated rings. The molecule has 1 aromatic carbocycles. The van der Waals surface area contributed by atoms with Crippen molar-refractivity contribution in [1.29, 1.82) is 0 Å². The maximum atomic E-state index is 12.6. The molecule has 3 aliphatic heterocycles. The molecule has 8 heteroatoms. The maximum Gasteiger partial charge on any atom is 0.320 e. The van der Waals surface area contributed by atoms with Crippen LogP contribution >= 0.6 is 0 Å². The van der Waals surface area contributed by atoms with Crippen molar-refractivity contribution >= 4 is 17.8 Å². The Morgan fingerprint density at radius 3 is 2.48 bits per heavy atom. The van der Waals surface area contributed by atoms with Gasteiger partial charge in [-0.2, -0.15) is 0 Å². The largest absolute Gasteiger partial charge is 0.486 e.